The summed E-state index contributed by atoms with van der Waals surface area (Å²) >= 11 is 0. The van der Waals surface area contributed by atoms with Crippen molar-refractivity contribution in [2.75, 3.05) is 0 Å². The molecule has 0 aliphatic heterocycles. The highest BCUT2D eigenvalue weighted by Gasteiger charge is 2.32. The number of carboxylic acids is 1. The third-order valence-electron chi connectivity index (χ3n) is 5.40. The van der Waals surface area contributed by atoms with Crippen LogP contribution in [0.4, 0.5) is 0 Å². The van der Waals surface area contributed by atoms with Gasteiger partial charge in [-0.2, -0.15) is 0 Å². The minimum absolute atomic E-state index is 0.0674. The van der Waals surface area contributed by atoms with Gasteiger partial charge in [0.2, 0.25) is 23.6 Å². The predicted octanol–water partition coefficient (Wildman–Crippen LogP) is -0.770. The molecule has 0 radical (unpaired) electrons. The second-order valence-corrected chi connectivity index (χ2v) is 7.92. The zero-order valence-corrected chi connectivity index (χ0v) is 18.9. The Morgan fingerprint density at radius 3 is 1.84 bits per heavy atom. The largest absolute Gasteiger partial charge is 0.480 e. The van der Waals surface area contributed by atoms with Crippen molar-refractivity contribution in [2.45, 2.75) is 84.5 Å². The molecule has 31 heavy (non-hydrogen) atoms. The summed E-state index contributed by atoms with van der Waals surface area (Å²) in [7, 11) is 0. The number of aliphatic carboxylic acids is 1. The Kier molecular flexibility index (Phi) is 12.4. The fourth-order valence-electron chi connectivity index (χ4n) is 2.67. The molecule has 0 aromatic heterocycles. The second kappa shape index (κ2) is 13.6. The third kappa shape index (κ3) is 9.77. The Hall–Kier alpha value is -2.69. The minimum Gasteiger partial charge on any atom is -0.480 e. The van der Waals surface area contributed by atoms with Crippen LogP contribution in [0.3, 0.4) is 0 Å². The van der Waals surface area contributed by atoms with E-state index in [0.29, 0.717) is 12.8 Å². The first-order valence-electron chi connectivity index (χ1n) is 10.5. The van der Waals surface area contributed by atoms with Crippen molar-refractivity contribution in [3.8, 4) is 0 Å². The van der Waals surface area contributed by atoms with Gasteiger partial charge in [0.1, 0.15) is 18.1 Å². The Morgan fingerprint density at radius 1 is 0.839 bits per heavy atom. The molecule has 178 valence electrons. The lowest BCUT2D eigenvalue weighted by molar-refractivity contribution is -0.143. The van der Waals surface area contributed by atoms with Crippen LogP contribution >= 0.6 is 0 Å². The highest BCUT2D eigenvalue weighted by Crippen LogP contribution is 2.10. The van der Waals surface area contributed by atoms with E-state index in [1.54, 1.807) is 6.92 Å². The van der Waals surface area contributed by atoms with Crippen molar-refractivity contribution in [1.82, 2.24) is 16.0 Å². The first-order valence-corrected chi connectivity index (χ1v) is 10.5. The average Bonchev–Trinajstić information content (AvgIpc) is 2.71. The van der Waals surface area contributed by atoms with E-state index in [0.717, 1.165) is 0 Å². The van der Waals surface area contributed by atoms with Crippen LogP contribution in [0.5, 0.6) is 0 Å². The number of nitrogens with one attached hydrogen (secondary N) is 3. The van der Waals surface area contributed by atoms with Crippen molar-refractivity contribution in [3.05, 3.63) is 0 Å². The first-order chi connectivity index (χ1) is 14.3. The molecule has 0 aromatic carbocycles. The smallest absolute Gasteiger partial charge is 0.326 e. The number of rotatable bonds is 14. The number of carboxylic acid groups (broad SMARTS) is 1. The number of nitrogens with two attached hydrogens (primary N) is 2. The zero-order valence-electron chi connectivity index (χ0n) is 18.9. The number of carbonyl (C=O) groups excluding carboxylic acids is 4. The summed E-state index contributed by atoms with van der Waals surface area (Å²) in [5, 5.41) is 16.7. The maximum atomic E-state index is 12.7. The number of amides is 4. The molecule has 0 aliphatic rings. The highest BCUT2D eigenvalue weighted by molar-refractivity contribution is 5.94. The molecule has 0 spiro atoms. The van der Waals surface area contributed by atoms with Crippen molar-refractivity contribution in [1.29, 1.82) is 0 Å². The number of hydrogen-bond acceptors (Lipinski definition) is 6. The van der Waals surface area contributed by atoms with E-state index in [9.17, 15) is 29.1 Å². The van der Waals surface area contributed by atoms with Crippen LogP contribution < -0.4 is 27.4 Å². The lowest BCUT2D eigenvalue weighted by Gasteiger charge is -2.27. The summed E-state index contributed by atoms with van der Waals surface area (Å²) in [5.41, 5.74) is 10.9. The third-order valence-corrected chi connectivity index (χ3v) is 5.40. The number of carbonyl (C=O) groups is 5. The van der Waals surface area contributed by atoms with Crippen LogP contribution in [-0.2, 0) is 24.0 Å². The monoisotopic (exact) mass is 443 g/mol. The van der Waals surface area contributed by atoms with Gasteiger partial charge in [-0.3, -0.25) is 19.2 Å². The average molecular weight is 444 g/mol. The molecule has 11 heteroatoms. The Labute approximate surface area is 183 Å². The summed E-state index contributed by atoms with van der Waals surface area (Å²) in [4.78, 5) is 59.8. The van der Waals surface area contributed by atoms with E-state index in [1.165, 1.54) is 6.92 Å². The maximum Gasteiger partial charge on any atom is 0.326 e. The van der Waals surface area contributed by atoms with Crippen molar-refractivity contribution < 1.29 is 29.1 Å². The van der Waals surface area contributed by atoms with E-state index < -0.39 is 53.8 Å². The van der Waals surface area contributed by atoms with Gasteiger partial charge < -0.3 is 32.5 Å². The van der Waals surface area contributed by atoms with Gasteiger partial charge in [-0.15, -0.1) is 0 Å². The topological polar surface area (TPSA) is 194 Å². The Balaban J connectivity index is 5.20. The summed E-state index contributed by atoms with van der Waals surface area (Å²) < 4.78 is 0. The number of primary amides is 1. The molecule has 0 saturated carbocycles. The van der Waals surface area contributed by atoms with E-state index in [1.807, 2.05) is 20.8 Å². The predicted molar refractivity (Wildman–Crippen MR) is 114 cm³/mol. The van der Waals surface area contributed by atoms with Crippen molar-refractivity contribution in [2.24, 2.45) is 23.3 Å². The molecule has 0 fully saturated rings. The maximum absolute atomic E-state index is 12.7. The normalized spacial score (nSPS) is 16.7. The summed E-state index contributed by atoms with van der Waals surface area (Å²) in [5.74, 6) is -4.17. The fourth-order valence-corrected chi connectivity index (χ4v) is 2.67. The van der Waals surface area contributed by atoms with Gasteiger partial charge in [0.15, 0.2) is 0 Å². The lowest BCUT2D eigenvalue weighted by atomic mass is 9.97. The van der Waals surface area contributed by atoms with Crippen LogP contribution in [0, 0.1) is 11.8 Å². The van der Waals surface area contributed by atoms with Crippen LogP contribution in [0.2, 0.25) is 0 Å². The SMILES string of the molecule is CCC(C)C(N)C(=O)NC(C)C(=O)NC(C(=O)NC(CCC(N)=O)C(=O)O)C(C)CC. The lowest BCUT2D eigenvalue weighted by Crippen LogP contribution is -2.58. The fraction of sp³-hybridized carbons (Fsp3) is 0.750. The molecule has 0 bridgehead atoms. The summed E-state index contributed by atoms with van der Waals surface area (Å²) in [6.45, 7) is 8.74. The van der Waals surface area contributed by atoms with Gasteiger partial charge in [-0.05, 0) is 25.2 Å². The molecule has 4 amide bonds. The molecule has 8 N–H and O–H groups in total. The van der Waals surface area contributed by atoms with Gasteiger partial charge in [0, 0.05) is 6.42 Å². The van der Waals surface area contributed by atoms with E-state index >= 15 is 0 Å². The van der Waals surface area contributed by atoms with Crippen LogP contribution in [-0.4, -0.2) is 58.9 Å². The molecule has 0 heterocycles. The molecule has 6 atom stereocenters. The zero-order chi connectivity index (χ0) is 24.3. The molecular weight excluding hydrogens is 406 g/mol. The summed E-state index contributed by atoms with van der Waals surface area (Å²) in [6, 6.07) is -4.08. The van der Waals surface area contributed by atoms with Gasteiger partial charge in [0.25, 0.3) is 0 Å². The Morgan fingerprint density at radius 2 is 1.39 bits per heavy atom. The van der Waals surface area contributed by atoms with Crippen molar-refractivity contribution >= 4 is 29.6 Å². The molecule has 6 unspecified atom stereocenters. The highest BCUT2D eigenvalue weighted by atomic mass is 16.4. The standard InChI is InChI=1S/C20H37N5O6/c1-6-10(3)15(22)18(28)23-12(5)17(27)25-16(11(4)7-2)19(29)24-13(20(30)31)8-9-14(21)26/h10-13,15-16H,6-9,22H2,1-5H3,(H2,21,26)(H,23,28)(H,24,29)(H,25,27)(H,30,31). The molecule has 0 rings (SSSR count). The van der Waals surface area contributed by atoms with E-state index in [-0.39, 0.29) is 24.7 Å². The molecular formula is C20H37N5O6. The van der Waals surface area contributed by atoms with Gasteiger partial charge >= 0.3 is 5.97 Å². The van der Waals surface area contributed by atoms with Crippen LogP contribution in [0.15, 0.2) is 0 Å². The van der Waals surface area contributed by atoms with Crippen LogP contribution in [0.25, 0.3) is 0 Å². The van der Waals surface area contributed by atoms with Crippen molar-refractivity contribution in [3.63, 3.8) is 0 Å². The van der Waals surface area contributed by atoms with Crippen LogP contribution in [0.1, 0.15) is 60.3 Å². The Bertz CT molecular complexity index is 656. The molecule has 0 aromatic rings. The summed E-state index contributed by atoms with van der Waals surface area (Å²) in [6.07, 6.45) is 0.845. The second-order valence-electron chi connectivity index (χ2n) is 7.92. The first kappa shape index (κ1) is 28.3. The van der Waals surface area contributed by atoms with Gasteiger partial charge in [0.05, 0.1) is 6.04 Å². The number of hydrogen-bond donors (Lipinski definition) is 6. The van der Waals surface area contributed by atoms with E-state index in [2.05, 4.69) is 16.0 Å². The molecule has 11 nitrogen and oxygen atoms in total. The minimum atomic E-state index is -1.32. The molecule has 0 saturated heterocycles. The molecule has 0 aliphatic carbocycles. The van der Waals surface area contributed by atoms with E-state index in [4.69, 9.17) is 11.5 Å². The van der Waals surface area contributed by atoms with Gasteiger partial charge in [-0.1, -0.05) is 40.5 Å². The quantitative estimate of drug-likeness (QED) is 0.203. The van der Waals surface area contributed by atoms with Gasteiger partial charge in [-0.25, -0.2) is 4.79 Å².